The Morgan fingerprint density at radius 1 is 1.23 bits per heavy atom. The van der Waals surface area contributed by atoms with Gasteiger partial charge in [0.15, 0.2) is 9.84 Å². The Morgan fingerprint density at radius 3 is 2.46 bits per heavy atom. The van der Waals surface area contributed by atoms with Crippen LogP contribution in [0.4, 0.5) is 0 Å². The smallest absolute Gasteiger partial charge is 0.152 e. The first kappa shape index (κ1) is 13.2. The molecule has 0 heterocycles. The molecule has 0 fully saturated rings. The van der Waals surface area contributed by atoms with Crippen LogP contribution in [0.5, 0.6) is 0 Å². The van der Waals surface area contributed by atoms with Gasteiger partial charge in [-0.25, -0.2) is 8.42 Å². The monoisotopic (exact) mass is 228 g/mol. The SMILES string of the molecule is CCCCS(=O)(=O)CCOCCCl. The Labute approximate surface area is 85.3 Å². The van der Waals surface area contributed by atoms with Gasteiger partial charge in [0, 0.05) is 5.88 Å². The van der Waals surface area contributed by atoms with E-state index in [9.17, 15) is 8.42 Å². The topological polar surface area (TPSA) is 43.4 Å². The Balaban J connectivity index is 3.52. The summed E-state index contributed by atoms with van der Waals surface area (Å²) in [4.78, 5) is 0. The lowest BCUT2D eigenvalue weighted by Gasteiger charge is -2.03. The predicted molar refractivity (Wildman–Crippen MR) is 55.1 cm³/mol. The van der Waals surface area contributed by atoms with Crippen LogP contribution in [0.25, 0.3) is 0 Å². The van der Waals surface area contributed by atoms with Gasteiger partial charge in [0.05, 0.1) is 24.7 Å². The molecule has 0 saturated carbocycles. The molecule has 0 rings (SSSR count). The normalized spacial score (nSPS) is 11.8. The van der Waals surface area contributed by atoms with E-state index in [1.54, 1.807) is 0 Å². The molecule has 0 aliphatic carbocycles. The van der Waals surface area contributed by atoms with E-state index in [1.807, 2.05) is 6.92 Å². The van der Waals surface area contributed by atoms with E-state index in [2.05, 4.69) is 0 Å². The Hall–Kier alpha value is 0.200. The van der Waals surface area contributed by atoms with Crippen LogP contribution < -0.4 is 0 Å². The standard InChI is InChI=1S/C8H17ClO3S/c1-2-3-7-13(10,11)8-6-12-5-4-9/h2-8H2,1H3. The highest BCUT2D eigenvalue weighted by Crippen LogP contribution is 1.97. The van der Waals surface area contributed by atoms with Crippen LogP contribution in [-0.4, -0.2) is 39.0 Å². The maximum atomic E-state index is 11.2. The summed E-state index contributed by atoms with van der Waals surface area (Å²) < 4.78 is 27.5. The van der Waals surface area contributed by atoms with Crippen LogP contribution in [0.15, 0.2) is 0 Å². The third-order valence-corrected chi connectivity index (χ3v) is 3.42. The summed E-state index contributed by atoms with van der Waals surface area (Å²) >= 11 is 5.36. The first-order valence-corrected chi connectivity index (χ1v) is 6.82. The molecular weight excluding hydrogens is 212 g/mol. The number of hydrogen-bond donors (Lipinski definition) is 0. The van der Waals surface area contributed by atoms with Crippen molar-refractivity contribution in [2.45, 2.75) is 19.8 Å². The average molecular weight is 229 g/mol. The fourth-order valence-corrected chi connectivity index (χ4v) is 2.22. The van der Waals surface area contributed by atoms with E-state index in [4.69, 9.17) is 16.3 Å². The van der Waals surface area contributed by atoms with Crippen molar-refractivity contribution in [3.8, 4) is 0 Å². The maximum Gasteiger partial charge on any atom is 0.152 e. The molecule has 0 radical (unpaired) electrons. The quantitative estimate of drug-likeness (QED) is 0.467. The first-order chi connectivity index (χ1) is 6.12. The molecule has 0 bridgehead atoms. The van der Waals surface area contributed by atoms with Crippen molar-refractivity contribution < 1.29 is 13.2 Å². The highest BCUT2D eigenvalue weighted by Gasteiger charge is 2.08. The van der Waals surface area contributed by atoms with Crippen molar-refractivity contribution in [3.05, 3.63) is 0 Å². The molecule has 0 amide bonds. The molecule has 0 unspecified atom stereocenters. The molecule has 0 atom stereocenters. The lowest BCUT2D eigenvalue weighted by atomic mass is 10.4. The van der Waals surface area contributed by atoms with Crippen molar-refractivity contribution in [1.82, 2.24) is 0 Å². The Bertz CT molecular complexity index is 201. The van der Waals surface area contributed by atoms with E-state index in [0.717, 1.165) is 12.8 Å². The molecule has 0 aromatic rings. The van der Waals surface area contributed by atoms with Crippen LogP contribution in [-0.2, 0) is 14.6 Å². The van der Waals surface area contributed by atoms with E-state index in [0.29, 0.717) is 12.5 Å². The van der Waals surface area contributed by atoms with Gasteiger partial charge in [0.2, 0.25) is 0 Å². The minimum Gasteiger partial charge on any atom is -0.379 e. The third-order valence-electron chi connectivity index (χ3n) is 1.57. The number of ether oxygens (including phenoxy) is 1. The summed E-state index contributed by atoms with van der Waals surface area (Å²) in [7, 11) is -2.89. The molecule has 0 aromatic carbocycles. The largest absolute Gasteiger partial charge is 0.379 e. The fraction of sp³-hybridized carbons (Fsp3) is 1.00. The van der Waals surface area contributed by atoms with Crippen LogP contribution in [0, 0.1) is 0 Å². The summed E-state index contributed by atoms with van der Waals surface area (Å²) in [5.41, 5.74) is 0. The molecule has 13 heavy (non-hydrogen) atoms. The minimum atomic E-state index is -2.89. The zero-order valence-corrected chi connectivity index (χ0v) is 9.53. The number of rotatable bonds is 8. The van der Waals surface area contributed by atoms with Crippen LogP contribution in [0.2, 0.25) is 0 Å². The molecule has 80 valence electrons. The zero-order chi connectivity index (χ0) is 10.2. The van der Waals surface area contributed by atoms with Gasteiger partial charge in [-0.1, -0.05) is 13.3 Å². The van der Waals surface area contributed by atoms with Gasteiger partial charge in [0.1, 0.15) is 0 Å². The first-order valence-electron chi connectivity index (χ1n) is 4.46. The Kier molecular flexibility index (Phi) is 7.71. The maximum absolute atomic E-state index is 11.2. The number of halogens is 1. The third kappa shape index (κ3) is 8.53. The van der Waals surface area contributed by atoms with Gasteiger partial charge in [-0.15, -0.1) is 11.6 Å². The van der Waals surface area contributed by atoms with Gasteiger partial charge < -0.3 is 4.74 Å². The predicted octanol–water partition coefficient (Wildman–Crippen LogP) is 1.46. The molecule has 3 nitrogen and oxygen atoms in total. The van der Waals surface area contributed by atoms with Crippen molar-refractivity contribution in [2.75, 3.05) is 30.6 Å². The van der Waals surface area contributed by atoms with Gasteiger partial charge >= 0.3 is 0 Å². The van der Waals surface area contributed by atoms with Crippen LogP contribution in [0.3, 0.4) is 0 Å². The molecule has 0 spiro atoms. The average Bonchev–Trinajstić information content (AvgIpc) is 2.09. The number of sulfone groups is 1. The minimum absolute atomic E-state index is 0.115. The van der Waals surface area contributed by atoms with Gasteiger partial charge in [0.25, 0.3) is 0 Å². The highest BCUT2D eigenvalue weighted by molar-refractivity contribution is 7.91. The van der Waals surface area contributed by atoms with E-state index < -0.39 is 9.84 Å². The van der Waals surface area contributed by atoms with Crippen molar-refractivity contribution in [2.24, 2.45) is 0 Å². The number of unbranched alkanes of at least 4 members (excludes halogenated alkanes) is 1. The fourth-order valence-electron chi connectivity index (χ4n) is 0.809. The van der Waals surface area contributed by atoms with E-state index in [-0.39, 0.29) is 18.1 Å². The van der Waals surface area contributed by atoms with E-state index >= 15 is 0 Å². The molecule has 0 aliphatic heterocycles. The summed E-state index contributed by atoms with van der Waals surface area (Å²) in [6, 6.07) is 0. The second-order valence-electron chi connectivity index (χ2n) is 2.81. The second-order valence-corrected chi connectivity index (χ2v) is 5.49. The van der Waals surface area contributed by atoms with Crippen LogP contribution in [0.1, 0.15) is 19.8 Å². The molecule has 5 heteroatoms. The lowest BCUT2D eigenvalue weighted by Crippen LogP contribution is -2.16. The second kappa shape index (κ2) is 7.59. The van der Waals surface area contributed by atoms with Crippen LogP contribution >= 0.6 is 11.6 Å². The van der Waals surface area contributed by atoms with Gasteiger partial charge in [-0.2, -0.15) is 0 Å². The molecule has 0 aromatic heterocycles. The molecule has 0 saturated heterocycles. The van der Waals surface area contributed by atoms with Crippen molar-refractivity contribution in [1.29, 1.82) is 0 Å². The van der Waals surface area contributed by atoms with Gasteiger partial charge in [-0.05, 0) is 6.42 Å². The highest BCUT2D eigenvalue weighted by atomic mass is 35.5. The summed E-state index contributed by atoms with van der Waals surface area (Å²) in [6.45, 7) is 2.66. The lowest BCUT2D eigenvalue weighted by molar-refractivity contribution is 0.165. The zero-order valence-electron chi connectivity index (χ0n) is 7.96. The van der Waals surface area contributed by atoms with Crippen molar-refractivity contribution in [3.63, 3.8) is 0 Å². The van der Waals surface area contributed by atoms with E-state index in [1.165, 1.54) is 0 Å². The molecule has 0 aliphatic rings. The summed E-state index contributed by atoms with van der Waals surface area (Å²) in [6.07, 6.45) is 1.64. The number of hydrogen-bond acceptors (Lipinski definition) is 3. The Morgan fingerprint density at radius 2 is 1.92 bits per heavy atom. The summed E-state index contributed by atoms with van der Waals surface area (Å²) in [5, 5.41) is 0. The number of alkyl halides is 1. The van der Waals surface area contributed by atoms with Crippen molar-refractivity contribution >= 4 is 21.4 Å². The summed E-state index contributed by atoms with van der Waals surface area (Å²) in [5.74, 6) is 0.798. The molecule has 0 N–H and O–H groups in total. The van der Waals surface area contributed by atoms with Gasteiger partial charge in [-0.3, -0.25) is 0 Å². The molecular formula is C8H17ClO3S.